The van der Waals surface area contributed by atoms with Crippen molar-refractivity contribution in [3.8, 4) is 5.82 Å². The van der Waals surface area contributed by atoms with Gasteiger partial charge < -0.3 is 5.32 Å². The summed E-state index contributed by atoms with van der Waals surface area (Å²) >= 11 is 5.97. The Bertz CT molecular complexity index is 998. The number of hydrogen-bond acceptors (Lipinski definition) is 5. The van der Waals surface area contributed by atoms with E-state index >= 15 is 0 Å². The van der Waals surface area contributed by atoms with Gasteiger partial charge in [0, 0.05) is 17.8 Å². The Kier molecular flexibility index (Phi) is 4.68. The number of hydrogen-bond donors (Lipinski definition) is 1. The Morgan fingerprint density at radius 2 is 2.00 bits per heavy atom. The molecular weight excluding hydrogens is 358 g/mol. The second kappa shape index (κ2) is 6.93. The van der Waals surface area contributed by atoms with Crippen LogP contribution in [0.25, 0.3) is 5.82 Å². The molecule has 0 atom stereocenters. The van der Waals surface area contributed by atoms with Crippen molar-refractivity contribution < 1.29 is 9.72 Å². The van der Waals surface area contributed by atoms with Gasteiger partial charge in [0.25, 0.3) is 11.6 Å². The van der Waals surface area contributed by atoms with Gasteiger partial charge in [0.1, 0.15) is 0 Å². The van der Waals surface area contributed by atoms with Crippen molar-refractivity contribution in [2.75, 3.05) is 5.32 Å². The minimum absolute atomic E-state index is 0.00363. The van der Waals surface area contributed by atoms with Gasteiger partial charge in [-0.1, -0.05) is 11.6 Å². The lowest BCUT2D eigenvalue weighted by Crippen LogP contribution is -2.13. The van der Waals surface area contributed by atoms with Crippen LogP contribution < -0.4 is 5.32 Å². The Hall–Kier alpha value is -3.26. The number of aryl methyl sites for hydroxylation is 2. The predicted octanol–water partition coefficient (Wildman–Crippen LogP) is 3.70. The third-order valence-corrected chi connectivity index (χ3v) is 3.95. The van der Waals surface area contributed by atoms with E-state index in [0.29, 0.717) is 11.5 Å². The molecule has 1 N–H and O–H groups in total. The van der Waals surface area contributed by atoms with Crippen molar-refractivity contribution in [3.05, 3.63) is 74.7 Å². The summed E-state index contributed by atoms with van der Waals surface area (Å²) in [5, 5.41) is 17.7. The second-order valence-corrected chi connectivity index (χ2v) is 6.03. The van der Waals surface area contributed by atoms with Crippen molar-refractivity contribution in [1.29, 1.82) is 0 Å². The van der Waals surface area contributed by atoms with E-state index in [2.05, 4.69) is 15.4 Å². The molecule has 3 rings (SSSR count). The summed E-state index contributed by atoms with van der Waals surface area (Å²) in [6, 6.07) is 9.04. The summed E-state index contributed by atoms with van der Waals surface area (Å²) < 4.78 is 1.70. The van der Waals surface area contributed by atoms with E-state index in [9.17, 15) is 14.9 Å². The monoisotopic (exact) mass is 371 g/mol. The highest BCUT2D eigenvalue weighted by Crippen LogP contribution is 2.23. The number of carbonyl (C=O) groups excluding carboxylic acids is 1. The molecule has 2 heterocycles. The number of non-ortho nitro benzene ring substituents is 1. The molecule has 1 aromatic carbocycles. The zero-order chi connectivity index (χ0) is 18.8. The first-order chi connectivity index (χ1) is 12.3. The minimum Gasteiger partial charge on any atom is -0.321 e. The third kappa shape index (κ3) is 3.55. The Labute approximate surface area is 153 Å². The summed E-state index contributed by atoms with van der Waals surface area (Å²) in [6.45, 7) is 3.82. The van der Waals surface area contributed by atoms with Gasteiger partial charge in [-0.15, -0.1) is 0 Å². The van der Waals surface area contributed by atoms with Gasteiger partial charge in [0.15, 0.2) is 5.82 Å². The number of halogens is 1. The van der Waals surface area contributed by atoms with Crippen LogP contribution in [0.1, 0.15) is 21.7 Å². The highest BCUT2D eigenvalue weighted by atomic mass is 35.5. The van der Waals surface area contributed by atoms with Gasteiger partial charge in [0.2, 0.25) is 0 Å². The molecule has 0 aliphatic rings. The molecule has 2 aromatic heterocycles. The minimum atomic E-state index is -0.574. The van der Waals surface area contributed by atoms with E-state index < -0.39 is 10.8 Å². The van der Waals surface area contributed by atoms with Gasteiger partial charge in [-0.3, -0.25) is 14.9 Å². The summed E-state index contributed by atoms with van der Waals surface area (Å²) in [7, 11) is 0. The number of rotatable bonds is 4. The van der Waals surface area contributed by atoms with Crippen molar-refractivity contribution in [2.45, 2.75) is 13.8 Å². The Morgan fingerprint density at radius 3 is 2.54 bits per heavy atom. The summed E-state index contributed by atoms with van der Waals surface area (Å²) in [5.74, 6) is 0.146. The number of nitro benzene ring substituents is 1. The molecule has 0 aliphatic heterocycles. The fraction of sp³-hybridized carbons (Fsp3) is 0.118. The first kappa shape index (κ1) is 17.6. The summed E-state index contributed by atoms with van der Waals surface area (Å²) in [5.41, 5.74) is 2.26. The molecule has 0 radical (unpaired) electrons. The van der Waals surface area contributed by atoms with Crippen LogP contribution in [-0.2, 0) is 0 Å². The number of nitrogens with zero attached hydrogens (tertiary/aromatic N) is 4. The number of benzene rings is 1. The molecule has 0 unspecified atom stereocenters. The molecule has 0 fully saturated rings. The zero-order valence-corrected chi connectivity index (χ0v) is 14.7. The van der Waals surface area contributed by atoms with Crippen molar-refractivity contribution in [2.24, 2.45) is 0 Å². The fourth-order valence-corrected chi connectivity index (χ4v) is 2.71. The molecule has 0 bridgehead atoms. The van der Waals surface area contributed by atoms with Crippen LogP contribution in [0, 0.1) is 24.0 Å². The number of amides is 1. The van der Waals surface area contributed by atoms with E-state index in [4.69, 9.17) is 11.6 Å². The van der Waals surface area contributed by atoms with Crippen LogP contribution in [0.4, 0.5) is 11.4 Å². The van der Waals surface area contributed by atoms with Crippen LogP contribution in [0.15, 0.2) is 42.6 Å². The first-order valence-electron chi connectivity index (χ1n) is 7.60. The molecule has 132 valence electrons. The highest BCUT2D eigenvalue weighted by Gasteiger charge is 2.15. The van der Waals surface area contributed by atoms with Crippen LogP contribution in [0.2, 0.25) is 5.02 Å². The summed E-state index contributed by atoms with van der Waals surface area (Å²) in [4.78, 5) is 26.8. The lowest BCUT2D eigenvalue weighted by molar-refractivity contribution is -0.384. The van der Waals surface area contributed by atoms with Crippen molar-refractivity contribution in [3.63, 3.8) is 0 Å². The largest absolute Gasteiger partial charge is 0.321 e. The normalized spacial score (nSPS) is 10.6. The second-order valence-electron chi connectivity index (χ2n) is 5.62. The number of pyridine rings is 1. The van der Waals surface area contributed by atoms with Crippen LogP contribution >= 0.6 is 11.6 Å². The lowest BCUT2D eigenvalue weighted by atomic mass is 10.2. The van der Waals surface area contributed by atoms with Gasteiger partial charge in [-0.05, 0) is 38.1 Å². The Morgan fingerprint density at radius 1 is 1.23 bits per heavy atom. The predicted molar refractivity (Wildman–Crippen MR) is 96.9 cm³/mol. The Balaban J connectivity index is 1.78. The molecule has 9 heteroatoms. The summed E-state index contributed by atoms with van der Waals surface area (Å²) in [6.07, 6.45) is 1.50. The van der Waals surface area contributed by atoms with Crippen LogP contribution in [0.5, 0.6) is 0 Å². The molecule has 1 amide bonds. The maximum atomic E-state index is 12.3. The van der Waals surface area contributed by atoms with E-state index in [1.807, 2.05) is 19.9 Å². The number of carbonyl (C=O) groups is 1. The average Bonchev–Trinajstić information content (AvgIpc) is 2.93. The standard InChI is InChI=1S/C17H14ClN5O3/c1-10-7-11(2)22(21-10)16-6-3-12(9-19-16)20-17(24)14-5-4-13(23(25)26)8-15(14)18/h3-9H,1-2H3,(H,20,24). The molecule has 0 saturated heterocycles. The maximum Gasteiger partial charge on any atom is 0.270 e. The maximum absolute atomic E-state index is 12.3. The van der Waals surface area contributed by atoms with Gasteiger partial charge in [-0.2, -0.15) is 5.10 Å². The topological polar surface area (TPSA) is 103 Å². The molecular formula is C17H14ClN5O3. The lowest BCUT2D eigenvalue weighted by Gasteiger charge is -2.08. The fourth-order valence-electron chi connectivity index (χ4n) is 2.45. The number of aromatic nitrogens is 3. The van der Waals surface area contributed by atoms with Gasteiger partial charge in [-0.25, -0.2) is 9.67 Å². The molecule has 0 aliphatic carbocycles. The molecule has 3 aromatic rings. The van der Waals surface area contributed by atoms with Crippen molar-refractivity contribution in [1.82, 2.24) is 14.8 Å². The molecule has 8 nitrogen and oxygen atoms in total. The van der Waals surface area contributed by atoms with E-state index in [1.54, 1.807) is 16.8 Å². The number of nitro groups is 1. The number of anilines is 1. The van der Waals surface area contributed by atoms with Gasteiger partial charge in [0.05, 0.1) is 33.1 Å². The first-order valence-corrected chi connectivity index (χ1v) is 7.98. The molecule has 26 heavy (non-hydrogen) atoms. The van der Waals surface area contributed by atoms with E-state index in [-0.39, 0.29) is 16.3 Å². The van der Waals surface area contributed by atoms with E-state index in [0.717, 1.165) is 17.5 Å². The third-order valence-electron chi connectivity index (χ3n) is 3.64. The zero-order valence-electron chi connectivity index (χ0n) is 13.9. The molecule has 0 spiro atoms. The average molecular weight is 372 g/mol. The quantitative estimate of drug-likeness (QED) is 0.556. The van der Waals surface area contributed by atoms with Crippen LogP contribution in [0.3, 0.4) is 0 Å². The smallest absolute Gasteiger partial charge is 0.270 e. The highest BCUT2D eigenvalue weighted by molar-refractivity contribution is 6.34. The van der Waals surface area contributed by atoms with E-state index in [1.165, 1.54) is 18.3 Å². The SMILES string of the molecule is Cc1cc(C)n(-c2ccc(NC(=O)c3ccc([N+](=O)[O-])cc3Cl)cn2)n1. The molecule has 0 saturated carbocycles. The van der Waals surface area contributed by atoms with Gasteiger partial charge >= 0.3 is 0 Å². The van der Waals surface area contributed by atoms with Crippen LogP contribution in [-0.4, -0.2) is 25.6 Å². The van der Waals surface area contributed by atoms with Crippen molar-refractivity contribution >= 4 is 28.9 Å². The number of nitrogens with one attached hydrogen (secondary N) is 1.